The van der Waals surface area contributed by atoms with E-state index in [1.807, 2.05) is 46.1 Å². The highest BCUT2D eigenvalue weighted by Crippen LogP contribution is 2.35. The highest BCUT2D eigenvalue weighted by Gasteiger charge is 2.25. The monoisotopic (exact) mass is 480 g/mol. The fourth-order valence-corrected chi connectivity index (χ4v) is 4.30. The van der Waals surface area contributed by atoms with Crippen molar-refractivity contribution in [2.45, 2.75) is 58.5 Å². The van der Waals surface area contributed by atoms with E-state index in [-0.39, 0.29) is 23.6 Å². The summed E-state index contributed by atoms with van der Waals surface area (Å²) >= 11 is 0. The molecule has 1 aliphatic heterocycles. The summed E-state index contributed by atoms with van der Waals surface area (Å²) < 4.78 is 20.8. The number of nitrogens with zero attached hydrogens (tertiary/aromatic N) is 4. The quantitative estimate of drug-likeness (QED) is 0.551. The number of amides is 1. The third-order valence-electron chi connectivity index (χ3n) is 6.47. The molecule has 1 fully saturated rings. The van der Waals surface area contributed by atoms with Gasteiger partial charge in [-0.1, -0.05) is 38.1 Å². The molecule has 1 amide bonds. The summed E-state index contributed by atoms with van der Waals surface area (Å²) in [7, 11) is 1.97. The van der Waals surface area contributed by atoms with E-state index in [9.17, 15) is 4.79 Å². The summed E-state index contributed by atoms with van der Waals surface area (Å²) in [6, 6.07) is 5.88. The van der Waals surface area contributed by atoms with Gasteiger partial charge in [0.1, 0.15) is 5.82 Å². The van der Waals surface area contributed by atoms with Crippen LogP contribution in [0.3, 0.4) is 0 Å². The largest absolute Gasteiger partial charge is 0.368 e. The summed E-state index contributed by atoms with van der Waals surface area (Å²) in [4.78, 5) is 23.3. The van der Waals surface area contributed by atoms with Crippen molar-refractivity contribution in [2.75, 3.05) is 25.0 Å². The van der Waals surface area contributed by atoms with Crippen molar-refractivity contribution >= 4 is 11.6 Å². The van der Waals surface area contributed by atoms with Crippen LogP contribution in [0.5, 0.6) is 0 Å². The Morgan fingerprint density at radius 3 is 2.77 bits per heavy atom. The van der Waals surface area contributed by atoms with Crippen molar-refractivity contribution < 1.29 is 13.7 Å². The molecule has 1 aliphatic rings. The average Bonchev–Trinajstić information content (AvgIpc) is 3.36. The van der Waals surface area contributed by atoms with Crippen LogP contribution in [0, 0.1) is 12.7 Å². The first kappa shape index (κ1) is 24.8. The molecule has 2 aromatic heterocycles. The maximum Gasteiger partial charge on any atom is 0.292 e. The smallest absolute Gasteiger partial charge is 0.292 e. The van der Waals surface area contributed by atoms with Crippen LogP contribution in [-0.2, 0) is 12.0 Å². The van der Waals surface area contributed by atoms with Crippen LogP contribution in [0.2, 0.25) is 0 Å². The molecule has 8 nitrogen and oxygen atoms in total. The van der Waals surface area contributed by atoms with E-state index >= 15 is 4.39 Å². The molecule has 0 aliphatic carbocycles. The zero-order valence-electron chi connectivity index (χ0n) is 21.0. The molecule has 186 valence electrons. The lowest BCUT2D eigenvalue weighted by molar-refractivity contribution is 0.0937. The predicted molar refractivity (Wildman–Crippen MR) is 133 cm³/mol. The molecule has 1 unspecified atom stereocenters. The van der Waals surface area contributed by atoms with Gasteiger partial charge in [-0.15, -0.1) is 0 Å². The van der Waals surface area contributed by atoms with Gasteiger partial charge in [-0.05, 0) is 44.0 Å². The minimum absolute atomic E-state index is 0.0347. The molecule has 1 aromatic carbocycles. The number of nitrogens with one attached hydrogen (secondary N) is 2. The molecule has 3 aromatic rings. The van der Waals surface area contributed by atoms with E-state index in [0.717, 1.165) is 37.2 Å². The number of piperidine rings is 1. The molecule has 0 radical (unpaired) electrons. The van der Waals surface area contributed by atoms with Gasteiger partial charge in [0.05, 0.1) is 11.9 Å². The van der Waals surface area contributed by atoms with E-state index in [0.29, 0.717) is 28.6 Å². The van der Waals surface area contributed by atoms with E-state index in [4.69, 9.17) is 4.52 Å². The highest BCUT2D eigenvalue weighted by molar-refractivity contribution is 5.90. The third kappa shape index (κ3) is 5.35. The predicted octanol–water partition coefficient (Wildman–Crippen LogP) is 3.99. The van der Waals surface area contributed by atoms with E-state index in [2.05, 4.69) is 30.7 Å². The first-order chi connectivity index (χ1) is 16.7. The topological polar surface area (TPSA) is 96.2 Å². The van der Waals surface area contributed by atoms with Crippen LogP contribution in [0.1, 0.15) is 61.2 Å². The van der Waals surface area contributed by atoms with Gasteiger partial charge in [0.15, 0.2) is 0 Å². The van der Waals surface area contributed by atoms with Crippen molar-refractivity contribution in [1.29, 1.82) is 0 Å². The second-order valence-electron chi connectivity index (χ2n) is 10.0. The summed E-state index contributed by atoms with van der Waals surface area (Å²) in [6.07, 6.45) is 5.69. The first-order valence-corrected chi connectivity index (χ1v) is 12.0. The molecule has 1 saturated heterocycles. The van der Waals surface area contributed by atoms with Gasteiger partial charge in [0, 0.05) is 48.4 Å². The molecule has 4 rings (SSSR count). The highest BCUT2D eigenvalue weighted by atomic mass is 19.1. The lowest BCUT2D eigenvalue weighted by Crippen LogP contribution is -2.44. The van der Waals surface area contributed by atoms with Gasteiger partial charge in [0.25, 0.3) is 11.7 Å². The van der Waals surface area contributed by atoms with Gasteiger partial charge in [-0.3, -0.25) is 9.78 Å². The zero-order valence-corrected chi connectivity index (χ0v) is 21.0. The third-order valence-corrected chi connectivity index (χ3v) is 6.47. The molecular weight excluding hydrogens is 447 g/mol. The van der Waals surface area contributed by atoms with Gasteiger partial charge in [-0.25, -0.2) is 4.39 Å². The van der Waals surface area contributed by atoms with E-state index in [1.165, 1.54) is 0 Å². The lowest BCUT2D eigenvalue weighted by Gasteiger charge is -2.35. The average molecular weight is 481 g/mol. The number of halogens is 1. The van der Waals surface area contributed by atoms with E-state index in [1.54, 1.807) is 19.2 Å². The summed E-state index contributed by atoms with van der Waals surface area (Å²) in [5.41, 5.74) is 3.08. The minimum Gasteiger partial charge on any atom is -0.368 e. The molecule has 2 N–H and O–H groups in total. The van der Waals surface area contributed by atoms with Crippen LogP contribution in [0.25, 0.3) is 11.1 Å². The zero-order chi connectivity index (χ0) is 25.2. The number of rotatable bonds is 6. The fourth-order valence-electron chi connectivity index (χ4n) is 4.30. The van der Waals surface area contributed by atoms with Gasteiger partial charge in [0.2, 0.25) is 5.89 Å². The maximum atomic E-state index is 15.6. The van der Waals surface area contributed by atoms with Crippen LogP contribution >= 0.6 is 0 Å². The molecule has 0 spiro atoms. The number of benzene rings is 1. The molecule has 1 atom stereocenters. The SMILES string of the molecule is CNC1CCCN(c2cnccc2-c2ccc(CNC(=O)c3noc(C(C)(C)C)n3)c(C)c2F)C1. The summed E-state index contributed by atoms with van der Waals surface area (Å²) in [5.74, 6) is -0.417. The van der Waals surface area contributed by atoms with Gasteiger partial charge < -0.3 is 20.1 Å². The number of carbonyl (C=O) groups excluding carboxylic acids is 1. The van der Waals surface area contributed by atoms with Crippen LogP contribution in [0.15, 0.2) is 35.1 Å². The van der Waals surface area contributed by atoms with Crippen LogP contribution < -0.4 is 15.5 Å². The molecular formula is C26H33FN6O2. The Hall–Kier alpha value is -3.33. The number of pyridine rings is 1. The Morgan fingerprint density at radius 1 is 1.26 bits per heavy atom. The van der Waals surface area contributed by atoms with Crippen LogP contribution in [0.4, 0.5) is 10.1 Å². The Bertz CT molecular complexity index is 1200. The van der Waals surface area contributed by atoms with E-state index < -0.39 is 5.91 Å². The Morgan fingerprint density at radius 2 is 2.06 bits per heavy atom. The summed E-state index contributed by atoms with van der Waals surface area (Å²) in [5, 5.41) is 9.88. The molecule has 0 saturated carbocycles. The molecule has 9 heteroatoms. The minimum atomic E-state index is -0.464. The van der Waals surface area contributed by atoms with Crippen molar-refractivity contribution in [3.05, 3.63) is 59.3 Å². The second kappa shape index (κ2) is 10.1. The number of hydrogen-bond donors (Lipinski definition) is 2. The van der Waals surface area contributed by atoms with Crippen molar-refractivity contribution in [3.8, 4) is 11.1 Å². The Balaban J connectivity index is 1.53. The maximum absolute atomic E-state index is 15.6. The number of hydrogen-bond acceptors (Lipinski definition) is 7. The molecule has 35 heavy (non-hydrogen) atoms. The number of aromatic nitrogens is 3. The Kier molecular flexibility index (Phi) is 7.16. The normalized spacial score (nSPS) is 16.4. The molecule has 3 heterocycles. The number of carbonyl (C=O) groups is 1. The van der Waals surface area contributed by atoms with Crippen LogP contribution in [-0.4, -0.2) is 47.2 Å². The second-order valence-corrected chi connectivity index (χ2v) is 10.0. The first-order valence-electron chi connectivity index (χ1n) is 12.0. The Labute approximate surface area is 205 Å². The lowest BCUT2D eigenvalue weighted by atomic mass is 9.97. The fraction of sp³-hybridized carbons (Fsp3) is 0.462. The van der Waals surface area contributed by atoms with Crippen molar-refractivity contribution in [2.24, 2.45) is 0 Å². The van der Waals surface area contributed by atoms with Crippen molar-refractivity contribution in [1.82, 2.24) is 25.8 Å². The van der Waals surface area contributed by atoms with Crippen molar-refractivity contribution in [3.63, 3.8) is 0 Å². The van der Waals surface area contributed by atoms with Gasteiger partial charge >= 0.3 is 0 Å². The summed E-state index contributed by atoms with van der Waals surface area (Å²) in [6.45, 7) is 9.42. The standard InChI is InChI=1S/C26H33FN6O2/c1-16-17(13-30-24(34)23-31-25(35-32-23)26(2,3)4)8-9-20(22(16)27)19-10-11-29-14-21(19)33-12-6-7-18(15-33)28-5/h8-11,14,18,28H,6-7,12-13,15H2,1-5H3,(H,30,34). The number of likely N-dealkylation sites (N-methyl/N-ethyl adjacent to an activating group) is 1. The molecule has 0 bridgehead atoms. The van der Waals surface area contributed by atoms with Gasteiger partial charge in [-0.2, -0.15) is 4.98 Å². The number of anilines is 1.